The molecular weight excluding hydrogens is 433 g/mol. The molecule has 0 radical (unpaired) electrons. The third kappa shape index (κ3) is 2.18. The first-order chi connectivity index (χ1) is 15.7. The van der Waals surface area contributed by atoms with E-state index in [2.05, 4.69) is 9.97 Å². The van der Waals surface area contributed by atoms with Gasteiger partial charge in [-0.25, -0.2) is 9.97 Å². The summed E-state index contributed by atoms with van der Waals surface area (Å²) in [6.07, 6.45) is -4.54. The molecule has 160 valence electrons. The van der Waals surface area contributed by atoms with Crippen molar-refractivity contribution < 1.29 is 13.2 Å². The minimum Gasteiger partial charge on any atom is -0.268 e. The number of aryl methyl sites for hydroxylation is 1. The smallest absolute Gasteiger partial charge is 0.268 e. The van der Waals surface area contributed by atoms with Gasteiger partial charge in [0.25, 0.3) is 11.1 Å². The molecule has 0 aliphatic rings. The molecule has 0 atom stereocenters. The predicted molar refractivity (Wildman–Crippen MR) is 119 cm³/mol. The second-order valence-corrected chi connectivity index (χ2v) is 8.29. The summed E-state index contributed by atoms with van der Waals surface area (Å²) in [7, 11) is 0. The Morgan fingerprint density at radius 1 is 0.697 bits per heavy atom. The van der Waals surface area contributed by atoms with Crippen LogP contribution >= 0.6 is 0 Å². The lowest BCUT2D eigenvalue weighted by molar-refractivity contribution is -0.137. The summed E-state index contributed by atoms with van der Waals surface area (Å²) in [5, 5.41) is 1.60. The van der Waals surface area contributed by atoms with Gasteiger partial charge in [0, 0.05) is 10.8 Å². The van der Waals surface area contributed by atoms with Crippen LogP contribution in [-0.4, -0.2) is 18.8 Å². The molecule has 0 bridgehead atoms. The average molecular weight is 444 g/mol. The van der Waals surface area contributed by atoms with E-state index in [1.54, 1.807) is 12.1 Å². The van der Waals surface area contributed by atoms with Gasteiger partial charge in [-0.15, -0.1) is 0 Å². The molecule has 0 amide bonds. The fraction of sp³-hybridized carbons (Fsp3) is 0.0833. The van der Waals surface area contributed by atoms with E-state index in [1.807, 2.05) is 25.1 Å². The Kier molecular flexibility index (Phi) is 3.08. The minimum absolute atomic E-state index is 0.0789. The first kappa shape index (κ1) is 18.3. The molecule has 0 aliphatic heterocycles. The minimum atomic E-state index is -4.54. The van der Waals surface area contributed by atoms with E-state index in [0.717, 1.165) is 17.7 Å². The number of halogens is 3. The van der Waals surface area contributed by atoms with E-state index < -0.39 is 17.3 Å². The van der Waals surface area contributed by atoms with Gasteiger partial charge in [-0.05, 0) is 55.0 Å². The van der Waals surface area contributed by atoms with Crippen LogP contribution in [0.4, 0.5) is 13.2 Å². The summed E-state index contributed by atoms with van der Waals surface area (Å²) < 4.78 is 42.4. The number of imidazole rings is 2. The number of alkyl halides is 3. The van der Waals surface area contributed by atoms with E-state index in [4.69, 9.17) is 0 Å². The third-order valence-electron chi connectivity index (χ3n) is 6.30. The van der Waals surface area contributed by atoms with Gasteiger partial charge in [0.15, 0.2) is 0 Å². The molecule has 9 heteroatoms. The molecule has 33 heavy (non-hydrogen) atoms. The summed E-state index contributed by atoms with van der Waals surface area (Å²) in [6, 6.07) is 11.9. The molecular formula is C24H11F3N4O2. The van der Waals surface area contributed by atoms with E-state index >= 15 is 0 Å². The quantitative estimate of drug-likeness (QED) is 0.345. The van der Waals surface area contributed by atoms with Crippen LogP contribution in [0.15, 0.2) is 58.1 Å². The van der Waals surface area contributed by atoms with Crippen molar-refractivity contribution >= 4 is 54.9 Å². The van der Waals surface area contributed by atoms with Crippen molar-refractivity contribution in [3.05, 3.63) is 80.4 Å². The van der Waals surface area contributed by atoms with Gasteiger partial charge in [-0.2, -0.15) is 13.2 Å². The van der Waals surface area contributed by atoms with E-state index in [-0.39, 0.29) is 27.6 Å². The molecule has 0 fully saturated rings. The number of hydrogen-bond donors (Lipinski definition) is 0. The summed E-state index contributed by atoms with van der Waals surface area (Å²) in [6.45, 7) is 1.92. The number of rotatable bonds is 0. The van der Waals surface area contributed by atoms with Crippen LogP contribution in [0, 0.1) is 6.92 Å². The van der Waals surface area contributed by atoms with Crippen molar-refractivity contribution in [1.29, 1.82) is 0 Å². The number of benzene rings is 3. The van der Waals surface area contributed by atoms with Gasteiger partial charge in [0.2, 0.25) is 0 Å². The van der Waals surface area contributed by atoms with E-state index in [0.29, 0.717) is 32.8 Å². The number of fused-ring (bicyclic) bond motifs is 10. The molecule has 4 aromatic heterocycles. The van der Waals surface area contributed by atoms with Crippen LogP contribution in [0.25, 0.3) is 54.9 Å². The van der Waals surface area contributed by atoms with E-state index in [9.17, 15) is 22.8 Å². The Morgan fingerprint density at radius 3 is 1.76 bits per heavy atom. The Morgan fingerprint density at radius 2 is 1.21 bits per heavy atom. The molecule has 0 unspecified atom stereocenters. The van der Waals surface area contributed by atoms with Crippen molar-refractivity contribution in [2.45, 2.75) is 13.1 Å². The molecule has 7 aromatic rings. The van der Waals surface area contributed by atoms with Crippen molar-refractivity contribution in [1.82, 2.24) is 18.8 Å². The standard InChI is InChI=1S/C24H11F3N4O2/c1-10-2-4-16-18(6-10)30-20(28-16)12-8-15-13(9-14(12)22(30)32)21-29-17-5-3-11(24(25,26)27)7-19(17)31(21)23(15)33/h2-9H,1H3. The van der Waals surface area contributed by atoms with Gasteiger partial charge in [0.05, 0.1) is 38.4 Å². The lowest BCUT2D eigenvalue weighted by Crippen LogP contribution is -2.08. The maximum Gasteiger partial charge on any atom is 0.416 e. The highest BCUT2D eigenvalue weighted by Gasteiger charge is 2.31. The first-order valence-electron chi connectivity index (χ1n) is 10.1. The van der Waals surface area contributed by atoms with Crippen molar-refractivity contribution in [3.8, 4) is 0 Å². The Labute approximate surface area is 180 Å². The second-order valence-electron chi connectivity index (χ2n) is 8.29. The molecule has 0 saturated heterocycles. The fourth-order valence-electron chi connectivity index (χ4n) is 4.77. The zero-order chi connectivity index (χ0) is 22.8. The molecule has 3 aromatic carbocycles. The summed E-state index contributed by atoms with van der Waals surface area (Å²) in [4.78, 5) is 35.5. The lowest BCUT2D eigenvalue weighted by atomic mass is 10.1. The summed E-state index contributed by atoms with van der Waals surface area (Å²) >= 11 is 0. The summed E-state index contributed by atoms with van der Waals surface area (Å²) in [5.41, 5.74) is 1.75. The maximum atomic E-state index is 13.3. The van der Waals surface area contributed by atoms with Gasteiger partial charge in [-0.3, -0.25) is 18.4 Å². The van der Waals surface area contributed by atoms with Crippen LogP contribution in [0.1, 0.15) is 11.1 Å². The molecule has 0 N–H and O–H groups in total. The Balaban J connectivity index is 1.64. The number of nitrogens with zero attached hydrogens (tertiary/aromatic N) is 4. The monoisotopic (exact) mass is 444 g/mol. The normalized spacial score (nSPS) is 13.1. The van der Waals surface area contributed by atoms with Crippen molar-refractivity contribution in [3.63, 3.8) is 0 Å². The fourth-order valence-corrected chi connectivity index (χ4v) is 4.77. The highest BCUT2D eigenvalue weighted by Crippen LogP contribution is 2.33. The zero-order valence-electron chi connectivity index (χ0n) is 16.9. The highest BCUT2D eigenvalue weighted by atomic mass is 19.4. The van der Waals surface area contributed by atoms with Crippen molar-refractivity contribution in [2.24, 2.45) is 0 Å². The first-order valence-corrected chi connectivity index (χ1v) is 10.1. The Bertz CT molecular complexity index is 2070. The molecule has 0 spiro atoms. The lowest BCUT2D eigenvalue weighted by Gasteiger charge is -2.05. The third-order valence-corrected chi connectivity index (χ3v) is 6.30. The van der Waals surface area contributed by atoms with Gasteiger partial charge < -0.3 is 0 Å². The topological polar surface area (TPSA) is 68.7 Å². The number of aromatic nitrogens is 4. The van der Waals surface area contributed by atoms with Crippen LogP contribution in [0.2, 0.25) is 0 Å². The largest absolute Gasteiger partial charge is 0.416 e. The van der Waals surface area contributed by atoms with Gasteiger partial charge in [-0.1, -0.05) is 6.07 Å². The predicted octanol–water partition coefficient (Wildman–Crippen LogP) is 4.52. The van der Waals surface area contributed by atoms with Gasteiger partial charge >= 0.3 is 6.18 Å². The van der Waals surface area contributed by atoms with Crippen LogP contribution < -0.4 is 11.1 Å². The summed E-state index contributed by atoms with van der Waals surface area (Å²) in [5.74, 6) is 0. The number of hydrogen-bond acceptors (Lipinski definition) is 4. The van der Waals surface area contributed by atoms with E-state index in [1.165, 1.54) is 14.9 Å². The molecule has 0 aliphatic carbocycles. The van der Waals surface area contributed by atoms with Crippen LogP contribution in [-0.2, 0) is 6.18 Å². The van der Waals surface area contributed by atoms with Crippen molar-refractivity contribution in [2.75, 3.05) is 0 Å². The second kappa shape index (κ2) is 5.55. The molecule has 4 heterocycles. The Hall–Kier alpha value is -4.27. The van der Waals surface area contributed by atoms with Crippen LogP contribution in [0.3, 0.4) is 0 Å². The molecule has 0 saturated carbocycles. The average Bonchev–Trinajstić information content (AvgIpc) is 3.46. The molecule has 6 nitrogen and oxygen atoms in total. The molecule has 7 rings (SSSR count). The highest BCUT2D eigenvalue weighted by molar-refractivity contribution is 6.11. The maximum absolute atomic E-state index is 13.3. The van der Waals surface area contributed by atoms with Gasteiger partial charge in [0.1, 0.15) is 11.3 Å². The SMILES string of the molecule is Cc1ccc2nc3c4cc5c(=O)n6c7cc(C(F)(F)F)ccc7nc6c5cc4c(=O)n3c2c1. The van der Waals surface area contributed by atoms with Crippen LogP contribution in [0.5, 0.6) is 0 Å². The zero-order valence-corrected chi connectivity index (χ0v) is 16.9.